The summed E-state index contributed by atoms with van der Waals surface area (Å²) >= 11 is 0. The summed E-state index contributed by atoms with van der Waals surface area (Å²) in [6.07, 6.45) is 2.39. The highest BCUT2D eigenvalue weighted by atomic mass is 19.1. The molecule has 0 radical (unpaired) electrons. The van der Waals surface area contributed by atoms with Crippen LogP contribution in [0.5, 0.6) is 0 Å². The Morgan fingerprint density at radius 1 is 1.38 bits per heavy atom. The van der Waals surface area contributed by atoms with E-state index < -0.39 is 0 Å². The normalized spacial score (nSPS) is 16.2. The van der Waals surface area contributed by atoms with Crippen LogP contribution < -0.4 is 0 Å². The molecule has 0 spiro atoms. The summed E-state index contributed by atoms with van der Waals surface area (Å²) in [5.41, 5.74) is 1.86. The zero-order valence-corrected chi connectivity index (χ0v) is 9.57. The Labute approximate surface area is 94.1 Å². The minimum absolute atomic E-state index is 0.176. The number of hydrogen-bond acceptors (Lipinski definition) is 1. The lowest BCUT2D eigenvalue weighted by Crippen LogP contribution is -2.03. The third kappa shape index (κ3) is 1.42. The topological polar surface area (TPSA) is 17.8 Å². The average molecular weight is 218 g/mol. The minimum atomic E-state index is -0.176. The lowest BCUT2D eigenvalue weighted by molar-refractivity contribution is 0.625. The molecule has 3 heteroatoms. The molecule has 2 nitrogen and oxygen atoms in total. The molecule has 1 aliphatic rings. The maximum atomic E-state index is 13.3. The molecule has 1 aromatic heterocycles. The molecule has 0 aliphatic heterocycles. The first-order valence-electron chi connectivity index (χ1n) is 5.84. The fourth-order valence-electron chi connectivity index (χ4n) is 2.21. The zero-order valence-electron chi connectivity index (χ0n) is 9.57. The second-order valence-electron chi connectivity index (χ2n) is 4.86. The van der Waals surface area contributed by atoms with E-state index in [-0.39, 0.29) is 5.82 Å². The Bertz CT molecular complexity index is 538. The van der Waals surface area contributed by atoms with Gasteiger partial charge in [0.25, 0.3) is 0 Å². The Kier molecular flexibility index (Phi) is 2.03. The molecule has 84 valence electrons. The fourth-order valence-corrected chi connectivity index (χ4v) is 2.21. The summed E-state index contributed by atoms with van der Waals surface area (Å²) in [6, 6.07) is 5.41. The molecular weight excluding hydrogens is 203 g/mol. The van der Waals surface area contributed by atoms with E-state index in [9.17, 15) is 4.39 Å². The SMILES string of the molecule is CC(C)c1nc2ccc(F)cc2n1C1CC1. The quantitative estimate of drug-likeness (QED) is 0.752. The van der Waals surface area contributed by atoms with Gasteiger partial charge in [-0.1, -0.05) is 13.8 Å². The van der Waals surface area contributed by atoms with Crippen LogP contribution in [0.2, 0.25) is 0 Å². The highest BCUT2D eigenvalue weighted by molar-refractivity contribution is 5.76. The van der Waals surface area contributed by atoms with Crippen LogP contribution in [0.25, 0.3) is 11.0 Å². The summed E-state index contributed by atoms with van der Waals surface area (Å²) in [5, 5.41) is 0. The molecular formula is C13H15FN2. The van der Waals surface area contributed by atoms with Crippen molar-refractivity contribution in [3.63, 3.8) is 0 Å². The third-order valence-electron chi connectivity index (χ3n) is 3.11. The van der Waals surface area contributed by atoms with Gasteiger partial charge in [-0.2, -0.15) is 0 Å². The van der Waals surface area contributed by atoms with Crippen molar-refractivity contribution in [3.8, 4) is 0 Å². The van der Waals surface area contributed by atoms with Crippen LogP contribution in [-0.4, -0.2) is 9.55 Å². The van der Waals surface area contributed by atoms with Gasteiger partial charge in [-0.15, -0.1) is 0 Å². The van der Waals surface area contributed by atoms with E-state index in [0.29, 0.717) is 12.0 Å². The summed E-state index contributed by atoms with van der Waals surface area (Å²) < 4.78 is 15.5. The van der Waals surface area contributed by atoms with Crippen LogP contribution in [0, 0.1) is 5.82 Å². The molecule has 16 heavy (non-hydrogen) atoms. The van der Waals surface area contributed by atoms with Gasteiger partial charge in [0.05, 0.1) is 11.0 Å². The van der Waals surface area contributed by atoms with Gasteiger partial charge in [0, 0.05) is 12.0 Å². The number of nitrogens with zero attached hydrogens (tertiary/aromatic N) is 2. The van der Waals surface area contributed by atoms with E-state index in [2.05, 4.69) is 23.4 Å². The molecule has 0 saturated heterocycles. The third-order valence-corrected chi connectivity index (χ3v) is 3.11. The van der Waals surface area contributed by atoms with Crippen LogP contribution >= 0.6 is 0 Å². The fraction of sp³-hybridized carbons (Fsp3) is 0.462. The Morgan fingerprint density at radius 2 is 2.12 bits per heavy atom. The van der Waals surface area contributed by atoms with Gasteiger partial charge in [-0.05, 0) is 31.0 Å². The van der Waals surface area contributed by atoms with Crippen LogP contribution in [0.15, 0.2) is 18.2 Å². The van der Waals surface area contributed by atoms with Gasteiger partial charge in [0.2, 0.25) is 0 Å². The predicted molar refractivity (Wildman–Crippen MR) is 62.1 cm³/mol. The summed E-state index contributed by atoms with van der Waals surface area (Å²) in [7, 11) is 0. The summed E-state index contributed by atoms with van der Waals surface area (Å²) in [5.74, 6) is 1.30. The second-order valence-corrected chi connectivity index (χ2v) is 4.86. The molecule has 1 saturated carbocycles. The first-order valence-corrected chi connectivity index (χ1v) is 5.84. The predicted octanol–water partition coefficient (Wildman–Crippen LogP) is 3.63. The number of hydrogen-bond donors (Lipinski definition) is 0. The van der Waals surface area contributed by atoms with Gasteiger partial charge < -0.3 is 4.57 Å². The molecule has 1 fully saturated rings. The molecule has 3 rings (SSSR count). The standard InChI is InChI=1S/C13H15FN2/c1-8(2)13-15-11-6-3-9(14)7-12(11)16(13)10-4-5-10/h3,6-8,10H,4-5H2,1-2H3. The van der Waals surface area contributed by atoms with Crippen LogP contribution in [0.1, 0.15) is 44.5 Å². The molecule has 0 N–H and O–H groups in total. The molecule has 2 aromatic rings. The number of halogens is 1. The molecule has 0 unspecified atom stereocenters. The molecule has 0 atom stereocenters. The maximum Gasteiger partial charge on any atom is 0.125 e. The van der Waals surface area contributed by atoms with Gasteiger partial charge in [0.1, 0.15) is 11.6 Å². The summed E-state index contributed by atoms with van der Waals surface area (Å²) in [4.78, 5) is 4.61. The van der Waals surface area contributed by atoms with Crippen molar-refractivity contribution in [2.75, 3.05) is 0 Å². The molecule has 0 bridgehead atoms. The highest BCUT2D eigenvalue weighted by Crippen LogP contribution is 2.40. The van der Waals surface area contributed by atoms with Gasteiger partial charge in [0.15, 0.2) is 0 Å². The first-order chi connectivity index (χ1) is 7.66. The zero-order chi connectivity index (χ0) is 11.3. The number of fused-ring (bicyclic) bond motifs is 1. The molecule has 1 heterocycles. The van der Waals surface area contributed by atoms with Crippen molar-refractivity contribution in [1.29, 1.82) is 0 Å². The number of benzene rings is 1. The van der Waals surface area contributed by atoms with Crippen LogP contribution in [0.4, 0.5) is 4.39 Å². The van der Waals surface area contributed by atoms with Crippen molar-refractivity contribution < 1.29 is 4.39 Å². The van der Waals surface area contributed by atoms with Crippen LogP contribution in [-0.2, 0) is 0 Å². The smallest absolute Gasteiger partial charge is 0.125 e. The monoisotopic (exact) mass is 218 g/mol. The van der Waals surface area contributed by atoms with Gasteiger partial charge in [-0.3, -0.25) is 0 Å². The minimum Gasteiger partial charge on any atom is -0.325 e. The average Bonchev–Trinajstić information content (AvgIpc) is 2.99. The molecule has 1 aliphatic carbocycles. The first kappa shape index (κ1) is 9.82. The van der Waals surface area contributed by atoms with E-state index in [4.69, 9.17) is 0 Å². The summed E-state index contributed by atoms with van der Waals surface area (Å²) in [6.45, 7) is 4.27. The van der Waals surface area contributed by atoms with Crippen molar-refractivity contribution >= 4 is 11.0 Å². The Hall–Kier alpha value is -1.38. The Balaban J connectivity index is 2.29. The lowest BCUT2D eigenvalue weighted by atomic mass is 10.2. The molecule has 0 amide bonds. The van der Waals surface area contributed by atoms with E-state index in [1.54, 1.807) is 12.1 Å². The number of rotatable bonds is 2. The van der Waals surface area contributed by atoms with Crippen molar-refractivity contribution in [2.24, 2.45) is 0 Å². The largest absolute Gasteiger partial charge is 0.325 e. The highest BCUT2D eigenvalue weighted by Gasteiger charge is 2.29. The van der Waals surface area contributed by atoms with E-state index in [1.807, 2.05) is 0 Å². The van der Waals surface area contributed by atoms with Crippen molar-refractivity contribution in [2.45, 2.75) is 38.6 Å². The van der Waals surface area contributed by atoms with Crippen molar-refractivity contribution in [3.05, 3.63) is 29.8 Å². The van der Waals surface area contributed by atoms with Gasteiger partial charge in [-0.25, -0.2) is 9.37 Å². The second kappa shape index (κ2) is 3.30. The van der Waals surface area contributed by atoms with E-state index in [1.165, 1.54) is 18.9 Å². The number of imidazole rings is 1. The molecule has 1 aromatic carbocycles. The van der Waals surface area contributed by atoms with E-state index >= 15 is 0 Å². The van der Waals surface area contributed by atoms with Crippen LogP contribution in [0.3, 0.4) is 0 Å². The van der Waals surface area contributed by atoms with Gasteiger partial charge >= 0.3 is 0 Å². The van der Waals surface area contributed by atoms with Crippen molar-refractivity contribution in [1.82, 2.24) is 9.55 Å². The maximum absolute atomic E-state index is 13.3. The Morgan fingerprint density at radius 3 is 2.75 bits per heavy atom. The lowest BCUT2D eigenvalue weighted by Gasteiger charge is -2.09. The van der Waals surface area contributed by atoms with E-state index in [0.717, 1.165) is 16.9 Å². The number of aromatic nitrogens is 2.